The van der Waals surface area contributed by atoms with Crippen molar-refractivity contribution in [3.8, 4) is 11.1 Å². The second kappa shape index (κ2) is 8.05. The Morgan fingerprint density at radius 2 is 1.74 bits per heavy atom. The SMILES string of the molecule is O=C(N[C@@H]1C[C@H]2C[C@@]2(C(=O)N2CSCC2C(=O)O)C1)OCC1c2ccccc2-c2ccccc21. The fourth-order valence-electron chi connectivity index (χ4n) is 6.21. The van der Waals surface area contributed by atoms with Crippen LogP contribution in [0.4, 0.5) is 4.79 Å². The highest BCUT2D eigenvalue weighted by Crippen LogP contribution is 2.64. The van der Waals surface area contributed by atoms with E-state index in [2.05, 4.69) is 29.6 Å². The van der Waals surface area contributed by atoms with Gasteiger partial charge in [0, 0.05) is 17.7 Å². The molecule has 0 aromatic heterocycles. The van der Waals surface area contributed by atoms with Gasteiger partial charge < -0.3 is 20.1 Å². The Balaban J connectivity index is 1.07. The number of benzene rings is 2. The molecule has 2 aromatic rings. The molecule has 34 heavy (non-hydrogen) atoms. The smallest absolute Gasteiger partial charge is 0.407 e. The van der Waals surface area contributed by atoms with E-state index in [4.69, 9.17) is 4.74 Å². The van der Waals surface area contributed by atoms with Crippen LogP contribution in [-0.4, -0.2) is 58.3 Å². The van der Waals surface area contributed by atoms with Crippen LogP contribution in [0.1, 0.15) is 36.3 Å². The van der Waals surface area contributed by atoms with Gasteiger partial charge in [-0.15, -0.1) is 11.8 Å². The van der Waals surface area contributed by atoms with E-state index < -0.39 is 23.5 Å². The largest absolute Gasteiger partial charge is 0.480 e. The molecule has 1 aliphatic heterocycles. The molecular weight excluding hydrogens is 452 g/mol. The van der Waals surface area contributed by atoms with E-state index in [1.165, 1.54) is 38.9 Å². The highest BCUT2D eigenvalue weighted by atomic mass is 32.2. The Labute approximate surface area is 201 Å². The van der Waals surface area contributed by atoms with Crippen molar-refractivity contribution in [1.29, 1.82) is 0 Å². The molecule has 2 amide bonds. The molecule has 176 valence electrons. The number of nitrogens with zero attached hydrogens (tertiary/aromatic N) is 1. The zero-order valence-corrected chi connectivity index (χ0v) is 19.4. The number of aliphatic carboxylic acids is 1. The minimum atomic E-state index is -0.946. The number of carbonyl (C=O) groups excluding carboxylic acids is 2. The number of alkyl carbamates (subject to hydrolysis) is 1. The first-order chi connectivity index (χ1) is 16.5. The third-order valence-corrected chi connectivity index (χ3v) is 8.94. The van der Waals surface area contributed by atoms with Crippen molar-refractivity contribution in [1.82, 2.24) is 10.2 Å². The minimum Gasteiger partial charge on any atom is -0.480 e. The van der Waals surface area contributed by atoms with Crippen molar-refractivity contribution in [3.05, 3.63) is 59.7 Å². The van der Waals surface area contributed by atoms with Crippen LogP contribution in [0.25, 0.3) is 11.1 Å². The van der Waals surface area contributed by atoms with Gasteiger partial charge in [0.15, 0.2) is 0 Å². The average molecular weight is 479 g/mol. The first-order valence-electron chi connectivity index (χ1n) is 11.7. The third kappa shape index (κ3) is 3.38. The highest BCUT2D eigenvalue weighted by Gasteiger charge is 2.67. The van der Waals surface area contributed by atoms with E-state index in [-0.39, 0.29) is 30.4 Å². The summed E-state index contributed by atoms with van der Waals surface area (Å²) in [6, 6.07) is 15.6. The summed E-state index contributed by atoms with van der Waals surface area (Å²) in [5, 5.41) is 12.4. The van der Waals surface area contributed by atoms with Crippen molar-refractivity contribution in [2.45, 2.75) is 37.3 Å². The number of nitrogens with one attached hydrogen (secondary N) is 1. The van der Waals surface area contributed by atoms with Gasteiger partial charge >= 0.3 is 12.1 Å². The molecule has 2 aromatic carbocycles. The first-order valence-corrected chi connectivity index (χ1v) is 12.9. The lowest BCUT2D eigenvalue weighted by atomic mass is 9.98. The molecule has 4 aliphatic rings. The first kappa shape index (κ1) is 21.5. The van der Waals surface area contributed by atoms with Gasteiger partial charge in [0.05, 0.1) is 11.3 Å². The van der Waals surface area contributed by atoms with Crippen molar-refractivity contribution < 1.29 is 24.2 Å². The molecule has 0 spiro atoms. The Hall–Kier alpha value is -3.00. The molecule has 7 nitrogen and oxygen atoms in total. The zero-order valence-electron chi connectivity index (χ0n) is 18.6. The van der Waals surface area contributed by atoms with Crippen LogP contribution in [0.15, 0.2) is 48.5 Å². The monoisotopic (exact) mass is 478 g/mol. The molecule has 0 radical (unpaired) electrons. The number of carbonyl (C=O) groups is 3. The van der Waals surface area contributed by atoms with Gasteiger partial charge in [-0.1, -0.05) is 48.5 Å². The molecule has 3 fully saturated rings. The lowest BCUT2D eigenvalue weighted by Crippen LogP contribution is -2.46. The molecule has 2 saturated carbocycles. The number of hydrogen-bond donors (Lipinski definition) is 2. The van der Waals surface area contributed by atoms with E-state index in [0.29, 0.717) is 18.1 Å². The second-order valence-corrected chi connectivity index (χ2v) is 10.8. The summed E-state index contributed by atoms with van der Waals surface area (Å²) in [5.41, 5.74) is 4.19. The quantitative estimate of drug-likeness (QED) is 0.681. The van der Waals surface area contributed by atoms with Crippen LogP contribution in [0, 0.1) is 11.3 Å². The van der Waals surface area contributed by atoms with E-state index in [9.17, 15) is 19.5 Å². The topological polar surface area (TPSA) is 95.9 Å². The number of carboxylic acid groups (broad SMARTS) is 1. The maximum Gasteiger partial charge on any atom is 0.407 e. The van der Waals surface area contributed by atoms with Gasteiger partial charge in [-0.05, 0) is 47.4 Å². The predicted octanol–water partition coefficient (Wildman–Crippen LogP) is 3.68. The number of hydrogen-bond acceptors (Lipinski definition) is 5. The molecule has 1 unspecified atom stereocenters. The molecule has 4 atom stereocenters. The van der Waals surface area contributed by atoms with Gasteiger partial charge in [-0.3, -0.25) is 4.79 Å². The summed E-state index contributed by atoms with van der Waals surface area (Å²) in [5.74, 6) is 0.0606. The Morgan fingerprint density at radius 1 is 1.06 bits per heavy atom. The van der Waals surface area contributed by atoms with Crippen molar-refractivity contribution in [2.24, 2.45) is 11.3 Å². The van der Waals surface area contributed by atoms with Crippen LogP contribution in [0.5, 0.6) is 0 Å². The van der Waals surface area contributed by atoms with Crippen LogP contribution in [0.3, 0.4) is 0 Å². The van der Waals surface area contributed by atoms with E-state index in [0.717, 1.165) is 12.8 Å². The summed E-state index contributed by atoms with van der Waals surface area (Å²) in [6.07, 6.45) is 1.60. The van der Waals surface area contributed by atoms with Gasteiger partial charge in [-0.25, -0.2) is 9.59 Å². The molecular formula is C26H26N2O5S. The fourth-order valence-corrected chi connectivity index (χ4v) is 7.35. The number of carboxylic acids is 1. The summed E-state index contributed by atoms with van der Waals surface area (Å²) >= 11 is 1.48. The van der Waals surface area contributed by atoms with Gasteiger partial charge in [0.1, 0.15) is 12.6 Å². The second-order valence-electron chi connectivity index (χ2n) is 9.79. The Bertz CT molecular complexity index is 1140. The predicted molar refractivity (Wildman–Crippen MR) is 127 cm³/mol. The van der Waals surface area contributed by atoms with Gasteiger partial charge in [-0.2, -0.15) is 0 Å². The van der Waals surface area contributed by atoms with Crippen LogP contribution < -0.4 is 5.32 Å². The molecule has 1 saturated heterocycles. The number of rotatable bonds is 5. The van der Waals surface area contributed by atoms with Gasteiger partial charge in [0.25, 0.3) is 0 Å². The minimum absolute atomic E-state index is 0.00340. The van der Waals surface area contributed by atoms with Crippen molar-refractivity contribution >= 4 is 29.7 Å². The number of thioether (sulfide) groups is 1. The van der Waals surface area contributed by atoms with Crippen molar-refractivity contribution in [2.75, 3.05) is 18.2 Å². The molecule has 8 heteroatoms. The Kier molecular flexibility index (Phi) is 5.09. The maximum atomic E-state index is 13.2. The number of amides is 2. The molecule has 3 aliphatic carbocycles. The highest BCUT2D eigenvalue weighted by molar-refractivity contribution is 7.99. The number of ether oxygens (including phenoxy) is 1. The lowest BCUT2D eigenvalue weighted by Gasteiger charge is -2.26. The van der Waals surface area contributed by atoms with E-state index in [1.54, 1.807) is 0 Å². The third-order valence-electron chi connectivity index (χ3n) is 7.93. The van der Waals surface area contributed by atoms with Crippen molar-refractivity contribution in [3.63, 3.8) is 0 Å². The lowest BCUT2D eigenvalue weighted by molar-refractivity contribution is -0.150. The van der Waals surface area contributed by atoms with Crippen LogP contribution in [-0.2, 0) is 14.3 Å². The maximum absolute atomic E-state index is 13.2. The fraction of sp³-hybridized carbons (Fsp3) is 0.423. The molecule has 2 N–H and O–H groups in total. The molecule has 6 rings (SSSR count). The van der Waals surface area contributed by atoms with E-state index >= 15 is 0 Å². The number of fused-ring (bicyclic) bond motifs is 4. The van der Waals surface area contributed by atoms with Crippen LogP contribution >= 0.6 is 11.8 Å². The summed E-state index contributed by atoms with van der Waals surface area (Å²) in [4.78, 5) is 38.9. The molecule has 0 bridgehead atoms. The standard InChI is InChI=1S/C26H26N2O5S/c29-23(30)22-13-34-14-28(22)24(31)26-10-15(26)9-16(11-26)27-25(32)33-12-21-19-7-3-1-5-17(19)18-6-2-4-8-20(18)21/h1-8,15-16,21-22H,9-14H2,(H,27,32)(H,29,30)/t15-,16+,22?,26+/m0/s1. The zero-order chi connectivity index (χ0) is 23.4. The summed E-state index contributed by atoms with van der Waals surface area (Å²) in [6.45, 7) is 0.255. The summed E-state index contributed by atoms with van der Waals surface area (Å²) < 4.78 is 5.67. The molecule has 1 heterocycles. The summed E-state index contributed by atoms with van der Waals surface area (Å²) in [7, 11) is 0. The van der Waals surface area contributed by atoms with E-state index in [1.807, 2.05) is 24.3 Å². The normalized spacial score (nSPS) is 28.7. The average Bonchev–Trinajstić information content (AvgIpc) is 3.18. The van der Waals surface area contributed by atoms with Crippen LogP contribution in [0.2, 0.25) is 0 Å². The van der Waals surface area contributed by atoms with Gasteiger partial charge in [0.2, 0.25) is 5.91 Å². The Morgan fingerprint density at radius 3 is 2.41 bits per heavy atom.